The number of rotatable bonds is 4. The first-order chi connectivity index (χ1) is 8.46. The summed E-state index contributed by atoms with van der Waals surface area (Å²) in [6, 6.07) is 1.79. The molecule has 2 rings (SSSR count). The van der Waals surface area contributed by atoms with Gasteiger partial charge in [0.1, 0.15) is 0 Å². The standard InChI is InChI=1S/C11H17BrN2O2S2/c1-3-14(9-4-5-13-7-9)18(15,16)10-6-11(12)17-8(10)2/h6,9,13H,3-5,7H2,1-2H3. The Morgan fingerprint density at radius 2 is 2.33 bits per heavy atom. The summed E-state index contributed by atoms with van der Waals surface area (Å²) in [7, 11) is -3.37. The average molecular weight is 353 g/mol. The van der Waals surface area contributed by atoms with Gasteiger partial charge >= 0.3 is 0 Å². The second-order valence-electron chi connectivity index (χ2n) is 4.33. The molecule has 1 aliphatic heterocycles. The molecule has 1 saturated heterocycles. The smallest absolute Gasteiger partial charge is 0.244 e. The largest absolute Gasteiger partial charge is 0.315 e. The molecule has 0 spiro atoms. The van der Waals surface area contributed by atoms with E-state index in [1.807, 2.05) is 13.8 Å². The first-order valence-corrected chi connectivity index (χ1v) is 9.00. The van der Waals surface area contributed by atoms with Gasteiger partial charge in [-0.1, -0.05) is 6.92 Å². The molecule has 0 aliphatic carbocycles. The van der Waals surface area contributed by atoms with E-state index in [4.69, 9.17) is 0 Å². The Balaban J connectivity index is 2.36. The molecule has 2 heterocycles. The Morgan fingerprint density at radius 1 is 1.61 bits per heavy atom. The van der Waals surface area contributed by atoms with E-state index in [-0.39, 0.29) is 6.04 Å². The van der Waals surface area contributed by atoms with Crippen LogP contribution in [-0.2, 0) is 10.0 Å². The van der Waals surface area contributed by atoms with Gasteiger partial charge in [0.15, 0.2) is 0 Å². The molecular formula is C11H17BrN2O2S2. The minimum Gasteiger partial charge on any atom is -0.315 e. The molecule has 0 radical (unpaired) electrons. The molecule has 7 heteroatoms. The lowest BCUT2D eigenvalue weighted by atomic mass is 10.3. The third-order valence-corrected chi connectivity index (χ3v) is 7.02. The molecule has 1 unspecified atom stereocenters. The molecule has 18 heavy (non-hydrogen) atoms. The van der Waals surface area contributed by atoms with Crippen molar-refractivity contribution in [2.24, 2.45) is 0 Å². The van der Waals surface area contributed by atoms with Gasteiger partial charge in [0, 0.05) is 24.0 Å². The van der Waals surface area contributed by atoms with Crippen LogP contribution in [0.4, 0.5) is 0 Å². The second-order valence-corrected chi connectivity index (χ2v) is 8.82. The van der Waals surface area contributed by atoms with Gasteiger partial charge in [-0.15, -0.1) is 11.3 Å². The molecule has 1 aliphatic rings. The fourth-order valence-corrected chi connectivity index (χ4v) is 6.37. The highest BCUT2D eigenvalue weighted by molar-refractivity contribution is 9.11. The quantitative estimate of drug-likeness (QED) is 0.903. The molecule has 1 atom stereocenters. The summed E-state index contributed by atoms with van der Waals surface area (Å²) < 4.78 is 27.8. The van der Waals surface area contributed by atoms with Crippen molar-refractivity contribution in [3.05, 3.63) is 14.7 Å². The first-order valence-electron chi connectivity index (χ1n) is 5.95. The molecule has 1 fully saturated rings. The molecule has 1 N–H and O–H groups in total. The Labute approximate surface area is 121 Å². The molecule has 0 aromatic carbocycles. The van der Waals surface area contributed by atoms with E-state index in [0.29, 0.717) is 11.4 Å². The number of halogens is 1. The van der Waals surface area contributed by atoms with E-state index >= 15 is 0 Å². The molecule has 1 aromatic heterocycles. The summed E-state index contributed by atoms with van der Waals surface area (Å²) in [5.41, 5.74) is 0. The lowest BCUT2D eigenvalue weighted by molar-refractivity contribution is 0.348. The summed E-state index contributed by atoms with van der Waals surface area (Å²) in [6.45, 7) is 5.90. The zero-order valence-corrected chi connectivity index (χ0v) is 13.7. The SMILES string of the molecule is CCN(C1CCNC1)S(=O)(=O)c1cc(Br)sc1C. The highest BCUT2D eigenvalue weighted by atomic mass is 79.9. The van der Waals surface area contributed by atoms with Gasteiger partial charge in [0.2, 0.25) is 10.0 Å². The molecule has 0 amide bonds. The van der Waals surface area contributed by atoms with Crippen LogP contribution >= 0.6 is 27.3 Å². The van der Waals surface area contributed by atoms with Gasteiger partial charge in [0.25, 0.3) is 0 Å². The number of likely N-dealkylation sites (N-methyl/N-ethyl adjacent to an activating group) is 1. The number of hydrogen-bond donors (Lipinski definition) is 1. The van der Waals surface area contributed by atoms with E-state index in [1.54, 1.807) is 10.4 Å². The van der Waals surface area contributed by atoms with E-state index in [0.717, 1.165) is 28.2 Å². The molecule has 0 saturated carbocycles. The molecule has 1 aromatic rings. The van der Waals surface area contributed by atoms with Crippen molar-refractivity contribution in [3.63, 3.8) is 0 Å². The average Bonchev–Trinajstić information content (AvgIpc) is 2.89. The predicted molar refractivity (Wildman–Crippen MR) is 77.6 cm³/mol. The van der Waals surface area contributed by atoms with Gasteiger partial charge in [-0.05, 0) is 41.9 Å². The van der Waals surface area contributed by atoms with Crippen molar-refractivity contribution < 1.29 is 8.42 Å². The maximum atomic E-state index is 12.7. The van der Waals surface area contributed by atoms with Crippen molar-refractivity contribution in [1.29, 1.82) is 0 Å². The number of nitrogens with zero attached hydrogens (tertiary/aromatic N) is 1. The Hall–Kier alpha value is 0.0500. The first kappa shape index (κ1) is 14.5. The Kier molecular flexibility index (Phi) is 4.48. The van der Waals surface area contributed by atoms with Crippen molar-refractivity contribution in [2.45, 2.75) is 31.2 Å². The third kappa shape index (κ3) is 2.65. The van der Waals surface area contributed by atoms with Crippen molar-refractivity contribution in [2.75, 3.05) is 19.6 Å². The van der Waals surface area contributed by atoms with Crippen LogP contribution in [-0.4, -0.2) is 38.4 Å². The van der Waals surface area contributed by atoms with Crippen molar-refractivity contribution in [3.8, 4) is 0 Å². The number of sulfonamides is 1. The summed E-state index contributed by atoms with van der Waals surface area (Å²) in [4.78, 5) is 1.28. The second kappa shape index (κ2) is 5.58. The Bertz CT molecular complexity index is 521. The van der Waals surface area contributed by atoms with Gasteiger partial charge in [-0.25, -0.2) is 8.42 Å². The zero-order valence-electron chi connectivity index (χ0n) is 10.4. The van der Waals surface area contributed by atoms with Gasteiger partial charge in [-0.3, -0.25) is 0 Å². The van der Waals surface area contributed by atoms with E-state index in [9.17, 15) is 8.42 Å². The maximum Gasteiger partial charge on any atom is 0.244 e. The molecule has 0 bridgehead atoms. The summed E-state index contributed by atoms with van der Waals surface area (Å²) >= 11 is 4.81. The highest BCUT2D eigenvalue weighted by Gasteiger charge is 2.33. The van der Waals surface area contributed by atoms with Crippen LogP contribution in [0.3, 0.4) is 0 Å². The fraction of sp³-hybridized carbons (Fsp3) is 0.636. The number of aryl methyl sites for hydroxylation is 1. The van der Waals surface area contributed by atoms with Crippen LogP contribution in [0.15, 0.2) is 14.7 Å². The minimum absolute atomic E-state index is 0.0816. The maximum absolute atomic E-state index is 12.7. The Morgan fingerprint density at radius 3 is 2.78 bits per heavy atom. The molecular weight excluding hydrogens is 336 g/mol. The third-order valence-electron chi connectivity index (χ3n) is 3.18. The van der Waals surface area contributed by atoms with Crippen molar-refractivity contribution in [1.82, 2.24) is 9.62 Å². The number of thiophene rings is 1. The van der Waals surface area contributed by atoms with Gasteiger partial charge in [0.05, 0.1) is 8.68 Å². The lowest BCUT2D eigenvalue weighted by Crippen LogP contribution is -2.41. The predicted octanol–water partition coefficient (Wildman–Crippen LogP) is 2.19. The highest BCUT2D eigenvalue weighted by Crippen LogP contribution is 2.32. The topological polar surface area (TPSA) is 49.4 Å². The normalized spacial score (nSPS) is 20.8. The van der Waals surface area contributed by atoms with Crippen LogP contribution in [0, 0.1) is 6.92 Å². The van der Waals surface area contributed by atoms with E-state index in [2.05, 4.69) is 21.2 Å². The lowest BCUT2D eigenvalue weighted by Gasteiger charge is -2.26. The van der Waals surface area contributed by atoms with Gasteiger partial charge in [-0.2, -0.15) is 4.31 Å². The number of nitrogens with one attached hydrogen (secondary N) is 1. The van der Waals surface area contributed by atoms with Crippen LogP contribution in [0.2, 0.25) is 0 Å². The summed E-state index contributed by atoms with van der Waals surface area (Å²) in [5.74, 6) is 0. The van der Waals surface area contributed by atoms with Gasteiger partial charge < -0.3 is 5.32 Å². The summed E-state index contributed by atoms with van der Waals surface area (Å²) in [6.07, 6.45) is 0.886. The van der Waals surface area contributed by atoms with E-state index in [1.165, 1.54) is 11.3 Å². The van der Waals surface area contributed by atoms with Crippen LogP contribution in [0.1, 0.15) is 18.2 Å². The van der Waals surface area contributed by atoms with Crippen LogP contribution < -0.4 is 5.32 Å². The van der Waals surface area contributed by atoms with E-state index < -0.39 is 10.0 Å². The summed E-state index contributed by atoms with van der Waals surface area (Å²) in [5, 5.41) is 3.22. The zero-order chi connectivity index (χ0) is 13.3. The van der Waals surface area contributed by atoms with Crippen LogP contribution in [0.25, 0.3) is 0 Å². The van der Waals surface area contributed by atoms with Crippen molar-refractivity contribution >= 4 is 37.3 Å². The minimum atomic E-state index is -3.37. The van der Waals surface area contributed by atoms with Crippen LogP contribution in [0.5, 0.6) is 0 Å². The monoisotopic (exact) mass is 352 g/mol. The number of hydrogen-bond acceptors (Lipinski definition) is 4. The molecule has 102 valence electrons. The molecule has 4 nitrogen and oxygen atoms in total. The fourth-order valence-electron chi connectivity index (χ4n) is 2.32.